The molecular weight excluding hydrogens is 276 g/mol. The molecule has 18 heavy (non-hydrogen) atoms. The van der Waals surface area contributed by atoms with Gasteiger partial charge in [-0.05, 0) is 24.3 Å². The summed E-state index contributed by atoms with van der Waals surface area (Å²) < 4.78 is 0. The van der Waals surface area contributed by atoms with Crippen LogP contribution in [0.25, 0.3) is 0 Å². The number of carboxylic acids is 2. The highest BCUT2D eigenvalue weighted by molar-refractivity contribution is 7.99. The second kappa shape index (κ2) is 10.5. The van der Waals surface area contributed by atoms with Gasteiger partial charge in [-0.1, -0.05) is 0 Å². The number of carboxylic acid groups (broad SMARTS) is 2. The van der Waals surface area contributed by atoms with Crippen LogP contribution in [0.3, 0.4) is 0 Å². The van der Waals surface area contributed by atoms with Crippen LogP contribution >= 0.6 is 23.5 Å². The fourth-order valence-corrected chi connectivity index (χ4v) is 2.91. The number of carbonyl (C=O) groups is 2. The van der Waals surface area contributed by atoms with Crippen molar-refractivity contribution in [2.75, 3.05) is 23.0 Å². The van der Waals surface area contributed by atoms with Gasteiger partial charge in [-0.3, -0.25) is 9.59 Å². The summed E-state index contributed by atoms with van der Waals surface area (Å²) >= 11 is 3.05. The number of rotatable bonds is 11. The van der Waals surface area contributed by atoms with E-state index in [1.807, 2.05) is 0 Å². The topological polar surface area (TPSA) is 127 Å². The van der Waals surface area contributed by atoms with Crippen LogP contribution < -0.4 is 11.5 Å². The summed E-state index contributed by atoms with van der Waals surface area (Å²) in [6.45, 7) is 0. The molecule has 0 radical (unpaired) electrons. The third kappa shape index (κ3) is 9.58. The van der Waals surface area contributed by atoms with Crippen molar-refractivity contribution in [3.05, 3.63) is 0 Å². The summed E-state index contributed by atoms with van der Waals surface area (Å²) in [5, 5.41) is 17.1. The Morgan fingerprint density at radius 1 is 0.889 bits per heavy atom. The minimum Gasteiger partial charge on any atom is -0.480 e. The maximum Gasteiger partial charge on any atom is 0.321 e. The Balaban J connectivity index is 3.26. The molecule has 0 aliphatic heterocycles. The van der Waals surface area contributed by atoms with E-state index in [2.05, 4.69) is 0 Å². The summed E-state index contributed by atoms with van der Waals surface area (Å²) in [5.41, 5.74) is 10.7. The van der Waals surface area contributed by atoms with Crippen molar-refractivity contribution in [2.45, 2.75) is 24.9 Å². The fourth-order valence-electron chi connectivity index (χ4n) is 0.971. The highest BCUT2D eigenvalue weighted by Crippen LogP contribution is 2.10. The molecule has 6 nitrogen and oxygen atoms in total. The molecule has 0 saturated carbocycles. The molecule has 0 fully saturated rings. The molecule has 0 aromatic heterocycles. The first-order valence-corrected chi connectivity index (χ1v) is 7.88. The third-order valence-electron chi connectivity index (χ3n) is 2.06. The average molecular weight is 296 g/mol. The van der Waals surface area contributed by atoms with Gasteiger partial charge in [0.05, 0.1) is 0 Å². The number of nitrogens with two attached hydrogens (primary N) is 2. The van der Waals surface area contributed by atoms with E-state index in [1.165, 1.54) is 23.5 Å². The molecule has 0 aliphatic carbocycles. The van der Waals surface area contributed by atoms with E-state index < -0.39 is 24.0 Å². The van der Waals surface area contributed by atoms with Crippen LogP contribution in [0, 0.1) is 0 Å². The normalized spacial score (nSPS) is 14.1. The Morgan fingerprint density at radius 2 is 1.22 bits per heavy atom. The Morgan fingerprint density at radius 3 is 1.50 bits per heavy atom. The van der Waals surface area contributed by atoms with E-state index in [1.54, 1.807) is 0 Å². The summed E-state index contributed by atoms with van der Waals surface area (Å²) in [4.78, 5) is 20.8. The predicted octanol–water partition coefficient (Wildman–Crippen LogP) is 0.0568. The monoisotopic (exact) mass is 296 g/mol. The molecule has 0 spiro atoms. The number of hydrogen-bond acceptors (Lipinski definition) is 6. The molecule has 2 unspecified atom stereocenters. The highest BCUT2D eigenvalue weighted by atomic mass is 32.2. The second-order valence-corrected chi connectivity index (χ2v) is 6.05. The molecule has 0 amide bonds. The SMILES string of the molecule is NC(CSCCCCSCC(N)C(=O)O)C(=O)O. The van der Waals surface area contributed by atoms with Crippen molar-refractivity contribution in [3.8, 4) is 0 Å². The smallest absolute Gasteiger partial charge is 0.321 e. The lowest BCUT2D eigenvalue weighted by Crippen LogP contribution is -2.32. The van der Waals surface area contributed by atoms with Crippen molar-refractivity contribution < 1.29 is 19.8 Å². The van der Waals surface area contributed by atoms with Gasteiger partial charge in [-0.2, -0.15) is 23.5 Å². The minimum absolute atomic E-state index is 0.423. The predicted molar refractivity (Wildman–Crippen MR) is 75.1 cm³/mol. The van der Waals surface area contributed by atoms with E-state index in [4.69, 9.17) is 21.7 Å². The molecule has 0 aliphatic rings. The minimum atomic E-state index is -0.972. The van der Waals surface area contributed by atoms with Crippen molar-refractivity contribution in [3.63, 3.8) is 0 Å². The summed E-state index contributed by atoms with van der Waals surface area (Å²) in [6.07, 6.45) is 1.93. The van der Waals surface area contributed by atoms with E-state index in [9.17, 15) is 9.59 Å². The molecule has 8 heteroatoms. The van der Waals surface area contributed by atoms with Gasteiger partial charge in [-0.15, -0.1) is 0 Å². The summed E-state index contributed by atoms with van der Waals surface area (Å²) in [5.74, 6) is 0.638. The Kier molecular flexibility index (Phi) is 10.2. The van der Waals surface area contributed by atoms with Gasteiger partial charge in [0.25, 0.3) is 0 Å². The Hall–Kier alpha value is -0.440. The lowest BCUT2D eigenvalue weighted by molar-refractivity contribution is -0.138. The summed E-state index contributed by atoms with van der Waals surface area (Å²) in [6, 6.07) is -1.59. The number of aliphatic carboxylic acids is 2. The zero-order valence-electron chi connectivity index (χ0n) is 10.1. The van der Waals surface area contributed by atoms with Crippen LogP contribution in [0.2, 0.25) is 0 Å². The van der Waals surface area contributed by atoms with Crippen LogP contribution in [0.1, 0.15) is 12.8 Å². The van der Waals surface area contributed by atoms with Crippen molar-refractivity contribution in [1.29, 1.82) is 0 Å². The molecule has 2 atom stereocenters. The summed E-state index contributed by atoms with van der Waals surface area (Å²) in [7, 11) is 0. The highest BCUT2D eigenvalue weighted by Gasteiger charge is 2.11. The molecule has 0 aromatic rings. The van der Waals surface area contributed by atoms with Gasteiger partial charge >= 0.3 is 11.9 Å². The van der Waals surface area contributed by atoms with Crippen LogP contribution in [-0.4, -0.2) is 57.2 Å². The number of hydrogen-bond donors (Lipinski definition) is 4. The van der Waals surface area contributed by atoms with Crippen LogP contribution in [-0.2, 0) is 9.59 Å². The first kappa shape index (κ1) is 17.6. The van der Waals surface area contributed by atoms with Gasteiger partial charge in [0.1, 0.15) is 12.1 Å². The van der Waals surface area contributed by atoms with Crippen LogP contribution in [0.5, 0.6) is 0 Å². The first-order chi connectivity index (χ1) is 8.45. The molecule has 0 heterocycles. The zero-order valence-corrected chi connectivity index (χ0v) is 11.7. The Labute approximate surface area is 115 Å². The van der Waals surface area contributed by atoms with Gasteiger partial charge in [0.15, 0.2) is 0 Å². The van der Waals surface area contributed by atoms with E-state index in [0.717, 1.165) is 24.3 Å². The van der Waals surface area contributed by atoms with Gasteiger partial charge in [0.2, 0.25) is 0 Å². The Bertz CT molecular complexity index is 240. The van der Waals surface area contributed by atoms with E-state index in [-0.39, 0.29) is 0 Å². The van der Waals surface area contributed by atoms with Gasteiger partial charge < -0.3 is 21.7 Å². The van der Waals surface area contributed by atoms with Crippen LogP contribution in [0.15, 0.2) is 0 Å². The van der Waals surface area contributed by atoms with Crippen molar-refractivity contribution in [2.24, 2.45) is 11.5 Å². The van der Waals surface area contributed by atoms with E-state index >= 15 is 0 Å². The van der Waals surface area contributed by atoms with Gasteiger partial charge in [0, 0.05) is 11.5 Å². The first-order valence-electron chi connectivity index (χ1n) is 5.57. The lowest BCUT2D eigenvalue weighted by atomic mass is 10.4. The standard InChI is InChI=1S/C10H20N2O4S2/c11-7(9(13)14)5-17-3-1-2-4-18-6-8(12)10(15)16/h7-8H,1-6,11-12H2,(H,13,14)(H,15,16). The maximum absolute atomic E-state index is 10.4. The number of thioether (sulfide) groups is 2. The largest absolute Gasteiger partial charge is 0.480 e. The molecule has 0 saturated heterocycles. The third-order valence-corrected chi connectivity index (χ3v) is 4.40. The van der Waals surface area contributed by atoms with Crippen molar-refractivity contribution >= 4 is 35.5 Å². The molecule has 0 rings (SSSR count). The quantitative estimate of drug-likeness (QED) is 0.394. The zero-order chi connectivity index (χ0) is 14.0. The fraction of sp³-hybridized carbons (Fsp3) is 0.800. The molecule has 0 aromatic carbocycles. The van der Waals surface area contributed by atoms with Crippen molar-refractivity contribution in [1.82, 2.24) is 0 Å². The molecule has 0 bridgehead atoms. The van der Waals surface area contributed by atoms with Gasteiger partial charge in [-0.25, -0.2) is 0 Å². The molecule has 6 N–H and O–H groups in total. The molecular formula is C10H20N2O4S2. The lowest BCUT2D eigenvalue weighted by Gasteiger charge is -2.07. The van der Waals surface area contributed by atoms with Crippen LogP contribution in [0.4, 0.5) is 0 Å². The molecule has 106 valence electrons. The number of unbranched alkanes of at least 4 members (excludes halogenated alkanes) is 1. The second-order valence-electron chi connectivity index (χ2n) is 3.75. The maximum atomic E-state index is 10.4. The average Bonchev–Trinajstić information content (AvgIpc) is 2.31. The van der Waals surface area contributed by atoms with E-state index in [0.29, 0.717) is 11.5 Å².